The first kappa shape index (κ1) is 19.6. The van der Waals surface area contributed by atoms with Crippen molar-refractivity contribution in [3.8, 4) is 0 Å². The van der Waals surface area contributed by atoms with Crippen LogP contribution in [0, 0.1) is 0 Å². The minimum atomic E-state index is -4.57. The van der Waals surface area contributed by atoms with Crippen LogP contribution in [0.1, 0.15) is 21.5 Å². The number of alkyl halides is 3. The van der Waals surface area contributed by atoms with Crippen LogP contribution in [0.4, 0.5) is 18.9 Å². The minimum Gasteiger partial charge on any atom is -0.452 e. The summed E-state index contributed by atoms with van der Waals surface area (Å²) in [5.74, 6) is -1.59. The molecule has 0 aliphatic carbocycles. The molecule has 0 heterocycles. The number of halogens is 4. The standard InChI is InChI=1S/C17H14ClF3N2O3/c18-13-4-2-1-3-10(13)8-23-15(24)9-26-16(25)12-6-5-11(7-14(12)22)17(19,20)21/h1-7H,8-9,22H2,(H,23,24). The molecule has 0 bridgehead atoms. The second-order valence-electron chi connectivity index (χ2n) is 5.24. The van der Waals surface area contributed by atoms with Gasteiger partial charge in [0.15, 0.2) is 6.61 Å². The van der Waals surface area contributed by atoms with Gasteiger partial charge in [-0.15, -0.1) is 0 Å². The molecule has 26 heavy (non-hydrogen) atoms. The van der Waals surface area contributed by atoms with Crippen LogP contribution in [-0.2, 0) is 22.3 Å². The molecule has 5 nitrogen and oxygen atoms in total. The number of benzene rings is 2. The summed E-state index contributed by atoms with van der Waals surface area (Å²) in [6.07, 6.45) is -4.57. The fourth-order valence-corrected chi connectivity index (χ4v) is 2.22. The van der Waals surface area contributed by atoms with Gasteiger partial charge in [-0.1, -0.05) is 29.8 Å². The second-order valence-corrected chi connectivity index (χ2v) is 5.65. The zero-order valence-corrected chi connectivity index (χ0v) is 14.0. The molecule has 0 fully saturated rings. The first-order valence-corrected chi connectivity index (χ1v) is 7.70. The van der Waals surface area contributed by atoms with Crippen LogP contribution in [0.5, 0.6) is 0 Å². The lowest BCUT2D eigenvalue weighted by Crippen LogP contribution is -2.28. The Morgan fingerprint density at radius 1 is 1.15 bits per heavy atom. The normalized spacial score (nSPS) is 11.1. The average molecular weight is 387 g/mol. The van der Waals surface area contributed by atoms with Gasteiger partial charge in [-0.2, -0.15) is 13.2 Å². The van der Waals surface area contributed by atoms with Crippen molar-refractivity contribution in [2.24, 2.45) is 0 Å². The van der Waals surface area contributed by atoms with E-state index in [4.69, 9.17) is 22.1 Å². The van der Waals surface area contributed by atoms with E-state index in [0.717, 1.165) is 6.07 Å². The van der Waals surface area contributed by atoms with Gasteiger partial charge in [0, 0.05) is 17.3 Å². The summed E-state index contributed by atoms with van der Waals surface area (Å²) in [5, 5.41) is 2.98. The van der Waals surface area contributed by atoms with Gasteiger partial charge in [0.05, 0.1) is 11.1 Å². The highest BCUT2D eigenvalue weighted by atomic mass is 35.5. The largest absolute Gasteiger partial charge is 0.452 e. The van der Waals surface area contributed by atoms with Crippen molar-refractivity contribution in [1.82, 2.24) is 5.32 Å². The van der Waals surface area contributed by atoms with E-state index < -0.39 is 30.2 Å². The number of ether oxygens (including phenoxy) is 1. The molecule has 0 saturated heterocycles. The first-order valence-electron chi connectivity index (χ1n) is 7.32. The fraction of sp³-hybridized carbons (Fsp3) is 0.176. The summed E-state index contributed by atoms with van der Waals surface area (Å²) >= 11 is 5.95. The van der Waals surface area contributed by atoms with Crippen molar-refractivity contribution in [2.45, 2.75) is 12.7 Å². The smallest absolute Gasteiger partial charge is 0.416 e. The number of hydrogen-bond acceptors (Lipinski definition) is 4. The Morgan fingerprint density at radius 3 is 2.46 bits per heavy atom. The van der Waals surface area contributed by atoms with E-state index in [-0.39, 0.29) is 17.8 Å². The predicted octanol–water partition coefficient (Wildman–Crippen LogP) is 3.41. The van der Waals surface area contributed by atoms with Crippen LogP contribution in [0.15, 0.2) is 42.5 Å². The summed E-state index contributed by atoms with van der Waals surface area (Å²) in [7, 11) is 0. The highest BCUT2D eigenvalue weighted by molar-refractivity contribution is 6.31. The highest BCUT2D eigenvalue weighted by Gasteiger charge is 2.31. The van der Waals surface area contributed by atoms with Crippen LogP contribution < -0.4 is 11.1 Å². The Hall–Kier alpha value is -2.74. The lowest BCUT2D eigenvalue weighted by Gasteiger charge is -2.11. The molecule has 0 spiro atoms. The molecule has 0 aliphatic heterocycles. The SMILES string of the molecule is Nc1cc(C(F)(F)F)ccc1C(=O)OCC(=O)NCc1ccccc1Cl. The number of hydrogen-bond donors (Lipinski definition) is 2. The number of nitrogens with two attached hydrogens (primary N) is 1. The van der Waals surface area contributed by atoms with Gasteiger partial charge >= 0.3 is 12.1 Å². The third kappa shape index (κ3) is 5.13. The molecule has 0 atom stereocenters. The van der Waals surface area contributed by atoms with Gasteiger partial charge in [0.2, 0.25) is 0 Å². The van der Waals surface area contributed by atoms with E-state index in [1.54, 1.807) is 24.3 Å². The molecular formula is C17H14ClF3N2O3. The Morgan fingerprint density at radius 2 is 1.85 bits per heavy atom. The Labute approximate surface area is 151 Å². The van der Waals surface area contributed by atoms with E-state index in [1.807, 2.05) is 0 Å². The van der Waals surface area contributed by atoms with Crippen LogP contribution in [0.3, 0.4) is 0 Å². The van der Waals surface area contributed by atoms with E-state index >= 15 is 0 Å². The third-order valence-electron chi connectivity index (χ3n) is 3.37. The van der Waals surface area contributed by atoms with Gasteiger partial charge in [-0.25, -0.2) is 4.79 Å². The Bertz CT molecular complexity index is 825. The maximum absolute atomic E-state index is 12.6. The zero-order valence-electron chi connectivity index (χ0n) is 13.3. The molecule has 9 heteroatoms. The number of anilines is 1. The van der Waals surface area contributed by atoms with Crippen molar-refractivity contribution in [3.05, 3.63) is 64.2 Å². The predicted molar refractivity (Wildman–Crippen MR) is 89.4 cm³/mol. The minimum absolute atomic E-state index is 0.137. The fourth-order valence-electron chi connectivity index (χ4n) is 2.02. The molecule has 2 rings (SSSR count). The summed E-state index contributed by atoms with van der Waals surface area (Å²) in [4.78, 5) is 23.6. The van der Waals surface area contributed by atoms with Crippen molar-refractivity contribution < 1.29 is 27.5 Å². The molecule has 1 amide bonds. The summed E-state index contributed by atoms with van der Waals surface area (Å²) in [5.41, 5.74) is 4.52. The van der Waals surface area contributed by atoms with Crippen molar-refractivity contribution in [1.29, 1.82) is 0 Å². The number of rotatable bonds is 5. The average Bonchev–Trinajstić information content (AvgIpc) is 2.58. The van der Waals surface area contributed by atoms with E-state index in [0.29, 0.717) is 22.7 Å². The monoisotopic (exact) mass is 386 g/mol. The first-order chi connectivity index (χ1) is 12.2. The highest BCUT2D eigenvalue weighted by Crippen LogP contribution is 2.31. The van der Waals surface area contributed by atoms with Crippen LogP contribution in [0.25, 0.3) is 0 Å². The molecule has 3 N–H and O–H groups in total. The lowest BCUT2D eigenvalue weighted by atomic mass is 10.1. The van der Waals surface area contributed by atoms with Crippen molar-refractivity contribution in [2.75, 3.05) is 12.3 Å². The van der Waals surface area contributed by atoms with Crippen molar-refractivity contribution in [3.63, 3.8) is 0 Å². The molecular weight excluding hydrogens is 373 g/mol. The quantitative estimate of drug-likeness (QED) is 0.609. The Kier molecular flexibility index (Phi) is 6.10. The maximum atomic E-state index is 12.6. The number of nitrogens with one attached hydrogen (secondary N) is 1. The second kappa shape index (κ2) is 8.09. The number of carbonyl (C=O) groups is 2. The topological polar surface area (TPSA) is 81.4 Å². The number of carbonyl (C=O) groups excluding carboxylic acids is 2. The maximum Gasteiger partial charge on any atom is 0.416 e. The van der Waals surface area contributed by atoms with Gasteiger partial charge in [-0.05, 0) is 29.8 Å². The summed E-state index contributed by atoms with van der Waals surface area (Å²) < 4.78 is 42.5. The number of nitrogen functional groups attached to an aromatic ring is 1. The van der Waals surface area contributed by atoms with E-state index in [1.165, 1.54) is 0 Å². The van der Waals surface area contributed by atoms with Gasteiger partial charge in [-0.3, -0.25) is 4.79 Å². The van der Waals surface area contributed by atoms with Crippen molar-refractivity contribution >= 4 is 29.2 Å². The van der Waals surface area contributed by atoms with E-state index in [9.17, 15) is 22.8 Å². The van der Waals surface area contributed by atoms with Crippen LogP contribution in [0.2, 0.25) is 5.02 Å². The van der Waals surface area contributed by atoms with Crippen LogP contribution >= 0.6 is 11.6 Å². The molecule has 0 radical (unpaired) electrons. The van der Waals surface area contributed by atoms with Gasteiger partial charge in [0.25, 0.3) is 5.91 Å². The molecule has 138 valence electrons. The Balaban J connectivity index is 1.90. The molecule has 2 aromatic rings. The summed E-state index contributed by atoms with van der Waals surface area (Å²) in [6.45, 7) is -0.470. The third-order valence-corrected chi connectivity index (χ3v) is 3.74. The molecule has 0 aliphatic rings. The lowest BCUT2D eigenvalue weighted by molar-refractivity contribution is -0.137. The van der Waals surface area contributed by atoms with E-state index in [2.05, 4.69) is 5.32 Å². The summed E-state index contributed by atoms with van der Waals surface area (Å²) in [6, 6.07) is 9.12. The van der Waals surface area contributed by atoms with Crippen LogP contribution in [-0.4, -0.2) is 18.5 Å². The molecule has 2 aromatic carbocycles. The zero-order chi connectivity index (χ0) is 19.3. The van der Waals surface area contributed by atoms with Gasteiger partial charge in [0.1, 0.15) is 0 Å². The number of esters is 1. The molecule has 0 unspecified atom stereocenters. The molecule has 0 saturated carbocycles. The molecule has 0 aromatic heterocycles. The van der Waals surface area contributed by atoms with Gasteiger partial charge < -0.3 is 15.8 Å². The number of amides is 1.